The Kier molecular flexibility index (Phi) is 5.61. The summed E-state index contributed by atoms with van der Waals surface area (Å²) in [6, 6.07) is 16.0. The number of aromatic nitrogens is 1. The molecule has 2 aromatic heterocycles. The highest BCUT2D eigenvalue weighted by Gasteiger charge is 2.36. The van der Waals surface area contributed by atoms with E-state index in [1.807, 2.05) is 41.3 Å². The van der Waals surface area contributed by atoms with Gasteiger partial charge in [-0.25, -0.2) is 0 Å². The molecule has 4 rings (SSSR count). The van der Waals surface area contributed by atoms with Crippen molar-refractivity contribution in [3.8, 4) is 0 Å². The summed E-state index contributed by atoms with van der Waals surface area (Å²) >= 11 is 0. The zero-order valence-electron chi connectivity index (χ0n) is 16.9. The molecule has 1 fully saturated rings. The normalized spacial score (nSPS) is 18.1. The SMILES string of the molecule is Cc1ccccc1CN(Cc1cccnc1)C(=O)/C=C/c1ccc(C2CC2C)o1. The number of carbonyl (C=O) groups excluding carboxylic acids is 1. The lowest BCUT2D eigenvalue weighted by Gasteiger charge is -2.22. The van der Waals surface area contributed by atoms with Gasteiger partial charge < -0.3 is 9.32 Å². The van der Waals surface area contributed by atoms with Gasteiger partial charge in [0.15, 0.2) is 0 Å². The molecule has 0 N–H and O–H groups in total. The second-order valence-corrected chi connectivity index (χ2v) is 7.88. The van der Waals surface area contributed by atoms with E-state index in [-0.39, 0.29) is 5.91 Å². The largest absolute Gasteiger partial charge is 0.461 e. The fourth-order valence-electron chi connectivity index (χ4n) is 3.55. The minimum atomic E-state index is -0.0464. The number of rotatable bonds is 7. The summed E-state index contributed by atoms with van der Waals surface area (Å²) in [5, 5.41) is 0. The number of furan rings is 1. The summed E-state index contributed by atoms with van der Waals surface area (Å²) < 4.78 is 5.90. The number of nitrogens with zero attached hydrogens (tertiary/aromatic N) is 2. The molecule has 0 saturated heterocycles. The fraction of sp³-hybridized carbons (Fsp3) is 0.280. The molecule has 0 radical (unpaired) electrons. The molecule has 2 heterocycles. The lowest BCUT2D eigenvalue weighted by Crippen LogP contribution is -2.28. The van der Waals surface area contributed by atoms with E-state index in [9.17, 15) is 4.79 Å². The van der Waals surface area contributed by atoms with E-state index in [2.05, 4.69) is 31.0 Å². The van der Waals surface area contributed by atoms with Crippen molar-refractivity contribution in [1.82, 2.24) is 9.88 Å². The Labute approximate surface area is 171 Å². The fourth-order valence-corrected chi connectivity index (χ4v) is 3.55. The molecule has 4 nitrogen and oxygen atoms in total. The number of carbonyl (C=O) groups is 1. The quantitative estimate of drug-likeness (QED) is 0.514. The number of amides is 1. The van der Waals surface area contributed by atoms with Gasteiger partial charge in [0.25, 0.3) is 0 Å². The summed E-state index contributed by atoms with van der Waals surface area (Å²) in [5.41, 5.74) is 3.32. The molecule has 1 aliphatic rings. The third-order valence-electron chi connectivity index (χ3n) is 5.54. The van der Waals surface area contributed by atoms with E-state index >= 15 is 0 Å². The van der Waals surface area contributed by atoms with Gasteiger partial charge >= 0.3 is 0 Å². The molecule has 29 heavy (non-hydrogen) atoms. The standard InChI is InChI=1S/C25H26N2O2/c1-18-6-3-4-8-21(18)17-27(16-20-7-5-13-26-15-20)25(28)12-10-22-9-11-24(29-22)23-14-19(23)2/h3-13,15,19,23H,14,16-17H2,1-2H3/b12-10+. The topological polar surface area (TPSA) is 46.3 Å². The van der Waals surface area contributed by atoms with Crippen molar-refractivity contribution in [3.63, 3.8) is 0 Å². The van der Waals surface area contributed by atoms with Crippen molar-refractivity contribution >= 4 is 12.0 Å². The average Bonchev–Trinajstić information content (AvgIpc) is 3.27. The number of hydrogen-bond donors (Lipinski definition) is 0. The highest BCUT2D eigenvalue weighted by molar-refractivity contribution is 5.91. The summed E-state index contributed by atoms with van der Waals surface area (Å²) in [7, 11) is 0. The van der Waals surface area contributed by atoms with Crippen LogP contribution in [0.5, 0.6) is 0 Å². The molecule has 2 atom stereocenters. The van der Waals surface area contributed by atoms with Gasteiger partial charge in [0, 0.05) is 37.5 Å². The zero-order chi connectivity index (χ0) is 20.2. The minimum absolute atomic E-state index is 0.0464. The molecule has 1 aromatic carbocycles. The van der Waals surface area contributed by atoms with Gasteiger partial charge in [0.1, 0.15) is 11.5 Å². The summed E-state index contributed by atoms with van der Waals surface area (Å²) in [6.45, 7) is 5.36. The molecular formula is C25H26N2O2. The Hall–Kier alpha value is -3.14. The molecule has 0 spiro atoms. The van der Waals surface area contributed by atoms with Crippen LogP contribution in [-0.2, 0) is 17.9 Å². The third-order valence-corrected chi connectivity index (χ3v) is 5.54. The maximum atomic E-state index is 13.0. The second-order valence-electron chi connectivity index (χ2n) is 7.88. The molecule has 3 aromatic rings. The molecule has 148 valence electrons. The Morgan fingerprint density at radius 3 is 2.72 bits per heavy atom. The van der Waals surface area contributed by atoms with Crippen LogP contribution in [0.1, 0.15) is 47.5 Å². The van der Waals surface area contributed by atoms with Crippen molar-refractivity contribution < 1.29 is 9.21 Å². The molecule has 0 bridgehead atoms. The Morgan fingerprint density at radius 1 is 1.17 bits per heavy atom. The smallest absolute Gasteiger partial charge is 0.247 e. The first-order chi connectivity index (χ1) is 14.1. The molecule has 1 saturated carbocycles. The lowest BCUT2D eigenvalue weighted by atomic mass is 10.1. The molecule has 1 amide bonds. The predicted octanol–water partition coefficient (Wildman–Crippen LogP) is 5.35. The molecule has 2 unspecified atom stereocenters. The van der Waals surface area contributed by atoms with Gasteiger partial charge in [0.05, 0.1) is 0 Å². The number of pyridine rings is 1. The first kappa shape index (κ1) is 19.2. The molecule has 0 aliphatic heterocycles. The zero-order valence-corrected chi connectivity index (χ0v) is 16.9. The van der Waals surface area contributed by atoms with Crippen LogP contribution in [0.15, 0.2) is 71.4 Å². The van der Waals surface area contributed by atoms with Crippen molar-refractivity contribution in [3.05, 3.63) is 95.2 Å². The Bertz CT molecular complexity index is 1010. The van der Waals surface area contributed by atoms with E-state index in [0.29, 0.717) is 24.9 Å². The number of hydrogen-bond acceptors (Lipinski definition) is 3. The van der Waals surface area contributed by atoms with Crippen LogP contribution < -0.4 is 0 Å². The summed E-state index contributed by atoms with van der Waals surface area (Å²) in [4.78, 5) is 19.0. The van der Waals surface area contributed by atoms with Crippen molar-refractivity contribution in [2.45, 2.75) is 39.3 Å². The van der Waals surface area contributed by atoms with Crippen LogP contribution in [0.3, 0.4) is 0 Å². The lowest BCUT2D eigenvalue weighted by molar-refractivity contribution is -0.127. The van der Waals surface area contributed by atoms with E-state index in [1.165, 1.54) is 12.0 Å². The first-order valence-corrected chi connectivity index (χ1v) is 10.1. The Morgan fingerprint density at radius 2 is 2.00 bits per heavy atom. The molecule has 1 aliphatic carbocycles. The number of benzene rings is 1. The van der Waals surface area contributed by atoms with Gasteiger partial charge in [0.2, 0.25) is 5.91 Å². The van der Waals surface area contributed by atoms with Gasteiger partial charge in [-0.1, -0.05) is 37.3 Å². The third kappa shape index (κ3) is 4.83. The molecule has 4 heteroatoms. The van der Waals surface area contributed by atoms with Crippen molar-refractivity contribution in [2.75, 3.05) is 0 Å². The maximum absolute atomic E-state index is 13.0. The summed E-state index contributed by atoms with van der Waals surface area (Å²) in [5.74, 6) is 2.94. The highest BCUT2D eigenvalue weighted by Crippen LogP contribution is 2.47. The van der Waals surface area contributed by atoms with Gasteiger partial charge in [-0.05, 0) is 60.2 Å². The van der Waals surface area contributed by atoms with Crippen LogP contribution in [-0.4, -0.2) is 15.8 Å². The van der Waals surface area contributed by atoms with Crippen LogP contribution in [0.2, 0.25) is 0 Å². The van der Waals surface area contributed by atoms with Crippen LogP contribution in [0.25, 0.3) is 6.08 Å². The number of aryl methyl sites for hydroxylation is 1. The van der Waals surface area contributed by atoms with Crippen molar-refractivity contribution in [1.29, 1.82) is 0 Å². The second kappa shape index (κ2) is 8.48. The van der Waals surface area contributed by atoms with E-state index < -0.39 is 0 Å². The molecular weight excluding hydrogens is 360 g/mol. The maximum Gasteiger partial charge on any atom is 0.247 e. The van der Waals surface area contributed by atoms with Crippen LogP contribution >= 0.6 is 0 Å². The summed E-state index contributed by atoms with van der Waals surface area (Å²) in [6.07, 6.45) is 8.11. The van der Waals surface area contributed by atoms with Crippen LogP contribution in [0, 0.1) is 12.8 Å². The first-order valence-electron chi connectivity index (χ1n) is 10.1. The minimum Gasteiger partial charge on any atom is -0.461 e. The monoisotopic (exact) mass is 386 g/mol. The highest BCUT2D eigenvalue weighted by atomic mass is 16.3. The van der Waals surface area contributed by atoms with Gasteiger partial charge in [-0.3, -0.25) is 9.78 Å². The van der Waals surface area contributed by atoms with E-state index in [4.69, 9.17) is 4.42 Å². The average molecular weight is 386 g/mol. The van der Waals surface area contributed by atoms with E-state index in [1.54, 1.807) is 24.5 Å². The van der Waals surface area contributed by atoms with Crippen LogP contribution in [0.4, 0.5) is 0 Å². The Balaban J connectivity index is 1.50. The predicted molar refractivity (Wildman–Crippen MR) is 114 cm³/mol. The van der Waals surface area contributed by atoms with Gasteiger partial charge in [-0.2, -0.15) is 0 Å². The van der Waals surface area contributed by atoms with Gasteiger partial charge in [-0.15, -0.1) is 0 Å². The van der Waals surface area contributed by atoms with E-state index in [0.717, 1.165) is 22.6 Å². The van der Waals surface area contributed by atoms with Crippen molar-refractivity contribution in [2.24, 2.45) is 5.92 Å².